The fraction of sp³-hybridized carbons (Fsp3) is 0.321. The Morgan fingerprint density at radius 2 is 1.73 bits per heavy atom. The largest absolute Gasteiger partial charge is 0.497 e. The Hall–Kier alpha value is -3.58. The van der Waals surface area contributed by atoms with Gasteiger partial charge in [0.25, 0.3) is 10.0 Å². The summed E-state index contributed by atoms with van der Waals surface area (Å²) in [6.45, 7) is 6.23. The van der Waals surface area contributed by atoms with Gasteiger partial charge in [-0.3, -0.25) is 4.72 Å². The highest BCUT2D eigenvalue weighted by Crippen LogP contribution is 2.25. The van der Waals surface area contributed by atoms with Crippen molar-refractivity contribution in [3.8, 4) is 17.6 Å². The van der Waals surface area contributed by atoms with E-state index in [1.165, 1.54) is 30.3 Å². The smallest absolute Gasteiger partial charge is 0.261 e. The van der Waals surface area contributed by atoms with Crippen LogP contribution >= 0.6 is 0 Å². The molecule has 1 unspecified atom stereocenters. The first-order valence-corrected chi connectivity index (χ1v) is 13.3. The second-order valence-electron chi connectivity index (χ2n) is 9.50. The first kappa shape index (κ1) is 28.0. The van der Waals surface area contributed by atoms with Crippen LogP contribution in [0.3, 0.4) is 0 Å². The van der Waals surface area contributed by atoms with Crippen molar-refractivity contribution in [1.29, 1.82) is 5.26 Å². The van der Waals surface area contributed by atoms with E-state index in [0.717, 1.165) is 23.3 Å². The summed E-state index contributed by atoms with van der Waals surface area (Å²) in [5.74, 6) is 1.06. The summed E-state index contributed by atoms with van der Waals surface area (Å²) in [6, 6.07) is 20.8. The molecule has 0 aliphatic carbocycles. The summed E-state index contributed by atoms with van der Waals surface area (Å²) in [4.78, 5) is 0.127. The summed E-state index contributed by atoms with van der Waals surface area (Å²) in [5.41, 5.74) is 2.21. The maximum atomic E-state index is 12.6. The Bertz CT molecular complexity index is 1330. The molecular weight excluding hydrogens is 490 g/mol. The number of aryl methyl sites for hydroxylation is 1. The van der Waals surface area contributed by atoms with Crippen molar-refractivity contribution in [2.45, 2.75) is 43.7 Å². The third kappa shape index (κ3) is 8.22. The Balaban J connectivity index is 1.55. The van der Waals surface area contributed by atoms with Crippen LogP contribution in [-0.2, 0) is 16.4 Å². The van der Waals surface area contributed by atoms with Crippen LogP contribution < -0.4 is 19.5 Å². The van der Waals surface area contributed by atoms with Crippen LogP contribution in [0, 0.1) is 18.3 Å². The first-order chi connectivity index (χ1) is 17.5. The Kier molecular flexibility index (Phi) is 9.16. The van der Waals surface area contributed by atoms with Gasteiger partial charge in [-0.1, -0.05) is 29.8 Å². The number of aliphatic hydroxyl groups excluding tert-OH is 1. The van der Waals surface area contributed by atoms with E-state index < -0.39 is 16.1 Å². The molecular formula is C28H33N3O5S. The van der Waals surface area contributed by atoms with Crippen molar-refractivity contribution in [3.63, 3.8) is 0 Å². The molecule has 3 aromatic carbocycles. The molecule has 0 aromatic heterocycles. The van der Waals surface area contributed by atoms with Crippen LogP contribution in [0.15, 0.2) is 71.6 Å². The molecule has 9 heteroatoms. The van der Waals surface area contributed by atoms with Gasteiger partial charge in [-0.25, -0.2) is 8.42 Å². The van der Waals surface area contributed by atoms with E-state index in [1.54, 1.807) is 19.2 Å². The maximum absolute atomic E-state index is 12.6. The van der Waals surface area contributed by atoms with Gasteiger partial charge in [-0.2, -0.15) is 5.26 Å². The van der Waals surface area contributed by atoms with E-state index in [9.17, 15) is 18.8 Å². The van der Waals surface area contributed by atoms with E-state index >= 15 is 0 Å². The lowest BCUT2D eigenvalue weighted by atomic mass is 9.94. The van der Waals surface area contributed by atoms with Crippen molar-refractivity contribution in [3.05, 3.63) is 83.4 Å². The monoisotopic (exact) mass is 523 g/mol. The summed E-state index contributed by atoms with van der Waals surface area (Å²) in [6.07, 6.45) is -0.0651. The number of aliphatic hydroxyl groups is 1. The average Bonchev–Trinajstić information content (AvgIpc) is 2.87. The van der Waals surface area contributed by atoms with E-state index in [1.807, 2.05) is 37.3 Å². The Labute approximate surface area is 218 Å². The number of anilines is 1. The fourth-order valence-electron chi connectivity index (χ4n) is 3.69. The predicted octanol–water partition coefficient (Wildman–Crippen LogP) is 4.03. The van der Waals surface area contributed by atoms with Crippen LogP contribution in [-0.4, -0.2) is 45.4 Å². The molecule has 0 radical (unpaired) electrons. The number of β-amino-alcohol motifs (C(OH)–C–C–N with tert-alkyl or cyclic N) is 1. The normalized spacial score (nSPS) is 12.4. The van der Waals surface area contributed by atoms with Gasteiger partial charge in [0.05, 0.1) is 23.3 Å². The lowest BCUT2D eigenvalue weighted by Gasteiger charge is -2.28. The molecule has 0 saturated carbocycles. The molecule has 1 atom stereocenters. The van der Waals surface area contributed by atoms with Crippen molar-refractivity contribution < 1.29 is 23.0 Å². The van der Waals surface area contributed by atoms with Crippen LogP contribution in [0.4, 0.5) is 5.69 Å². The van der Waals surface area contributed by atoms with Gasteiger partial charge >= 0.3 is 0 Å². The number of nitriles is 1. The second kappa shape index (κ2) is 12.1. The number of nitrogens with one attached hydrogen (secondary N) is 2. The van der Waals surface area contributed by atoms with Crippen molar-refractivity contribution in [2.75, 3.05) is 25.0 Å². The zero-order valence-corrected chi connectivity index (χ0v) is 22.3. The minimum atomic E-state index is -3.80. The van der Waals surface area contributed by atoms with Gasteiger partial charge in [0, 0.05) is 12.1 Å². The van der Waals surface area contributed by atoms with Crippen LogP contribution in [0.5, 0.6) is 11.5 Å². The van der Waals surface area contributed by atoms with E-state index in [2.05, 4.69) is 23.9 Å². The molecule has 0 aliphatic rings. The number of ether oxygens (including phenoxy) is 2. The van der Waals surface area contributed by atoms with E-state index in [0.29, 0.717) is 6.54 Å². The maximum Gasteiger partial charge on any atom is 0.261 e. The molecule has 0 saturated heterocycles. The molecule has 3 aromatic rings. The zero-order chi connectivity index (χ0) is 27.1. The highest BCUT2D eigenvalue weighted by molar-refractivity contribution is 7.92. The second-order valence-corrected chi connectivity index (χ2v) is 11.2. The lowest BCUT2D eigenvalue weighted by Crippen LogP contribution is -2.46. The van der Waals surface area contributed by atoms with E-state index in [-0.39, 0.29) is 34.0 Å². The summed E-state index contributed by atoms with van der Waals surface area (Å²) >= 11 is 0. The lowest BCUT2D eigenvalue weighted by molar-refractivity contribution is 0.0987. The molecule has 0 fully saturated rings. The van der Waals surface area contributed by atoms with Gasteiger partial charge < -0.3 is 19.9 Å². The molecule has 0 heterocycles. The molecule has 37 heavy (non-hydrogen) atoms. The molecule has 0 bridgehead atoms. The van der Waals surface area contributed by atoms with Gasteiger partial charge in [0.15, 0.2) is 0 Å². The van der Waals surface area contributed by atoms with Gasteiger partial charge in [-0.05, 0) is 75.2 Å². The van der Waals surface area contributed by atoms with Crippen LogP contribution in [0.1, 0.15) is 30.5 Å². The number of hydrogen-bond acceptors (Lipinski definition) is 7. The zero-order valence-electron chi connectivity index (χ0n) is 21.5. The average molecular weight is 524 g/mol. The first-order valence-electron chi connectivity index (χ1n) is 11.8. The molecule has 196 valence electrons. The quantitative estimate of drug-likeness (QED) is 0.328. The summed E-state index contributed by atoms with van der Waals surface area (Å²) in [5, 5.41) is 23.3. The standard InChI is InChI=1S/C28H33N3O5S/c1-20-5-12-26(13-6-20)37(33,34)31-23-9-14-27(22(15-23)17-29)36-19-24(32)18-30-28(2,3)16-21-7-10-25(35-4)11-8-21/h5-15,24,30-32H,16,18-19H2,1-4H3. The number of benzene rings is 3. The number of nitrogens with zero attached hydrogens (tertiary/aromatic N) is 1. The minimum absolute atomic E-state index is 0.0330. The number of hydrogen-bond donors (Lipinski definition) is 3. The third-order valence-corrected chi connectivity index (χ3v) is 7.13. The Morgan fingerprint density at radius 1 is 1.05 bits per heavy atom. The molecule has 3 rings (SSSR count). The van der Waals surface area contributed by atoms with Crippen LogP contribution in [0.2, 0.25) is 0 Å². The van der Waals surface area contributed by atoms with Gasteiger partial charge in [0.2, 0.25) is 0 Å². The Morgan fingerprint density at radius 3 is 2.35 bits per heavy atom. The van der Waals surface area contributed by atoms with E-state index in [4.69, 9.17) is 9.47 Å². The molecule has 0 spiro atoms. The van der Waals surface area contributed by atoms with Crippen molar-refractivity contribution in [2.24, 2.45) is 0 Å². The number of rotatable bonds is 12. The van der Waals surface area contributed by atoms with Gasteiger partial charge in [0.1, 0.15) is 30.3 Å². The van der Waals surface area contributed by atoms with Gasteiger partial charge in [-0.15, -0.1) is 0 Å². The fourth-order valence-corrected chi connectivity index (χ4v) is 4.74. The third-order valence-electron chi connectivity index (χ3n) is 5.74. The molecule has 0 amide bonds. The summed E-state index contributed by atoms with van der Waals surface area (Å²) < 4.78 is 38.6. The van der Waals surface area contributed by atoms with Crippen LogP contribution in [0.25, 0.3) is 0 Å². The molecule has 3 N–H and O–H groups in total. The highest BCUT2D eigenvalue weighted by Gasteiger charge is 2.20. The molecule has 8 nitrogen and oxygen atoms in total. The van der Waals surface area contributed by atoms with Crippen molar-refractivity contribution in [1.82, 2.24) is 5.32 Å². The van der Waals surface area contributed by atoms with Crippen molar-refractivity contribution >= 4 is 15.7 Å². The SMILES string of the molecule is COc1ccc(CC(C)(C)NCC(O)COc2ccc(NS(=O)(=O)c3ccc(C)cc3)cc2C#N)cc1. The predicted molar refractivity (Wildman–Crippen MR) is 143 cm³/mol. The minimum Gasteiger partial charge on any atom is -0.497 e. The topological polar surface area (TPSA) is 121 Å². The number of methoxy groups -OCH3 is 1. The number of sulfonamides is 1. The highest BCUT2D eigenvalue weighted by atomic mass is 32.2. The summed E-state index contributed by atoms with van der Waals surface area (Å²) in [7, 11) is -2.17. The molecule has 0 aliphatic heterocycles.